The Morgan fingerprint density at radius 3 is 2.68 bits per heavy atom. The fourth-order valence-corrected chi connectivity index (χ4v) is 2.49. The van der Waals surface area contributed by atoms with Gasteiger partial charge in [0.05, 0.1) is 0 Å². The average molecular weight is 302 g/mol. The van der Waals surface area contributed by atoms with Crippen molar-refractivity contribution in [2.45, 2.75) is 0 Å². The molecule has 2 amide bonds. The van der Waals surface area contributed by atoms with E-state index in [2.05, 4.69) is 18.5 Å². The van der Waals surface area contributed by atoms with Crippen LogP contribution in [0, 0.1) is 5.82 Å². The minimum atomic E-state index is -4.01. The normalized spacial score (nSPS) is 10.6. The Kier molecular flexibility index (Phi) is 5.13. The van der Waals surface area contributed by atoms with Crippen molar-refractivity contribution in [1.82, 2.24) is 4.72 Å². The number of amides is 2. The Bertz CT molecular complexity index is 614. The van der Waals surface area contributed by atoms with Crippen LogP contribution in [0.4, 0.5) is 14.9 Å². The van der Waals surface area contributed by atoms with Crippen molar-refractivity contribution in [3.63, 3.8) is 0 Å². The molecule has 0 aliphatic carbocycles. The second-order valence-corrected chi connectivity index (χ2v) is 6.25. The van der Waals surface area contributed by atoms with Crippen molar-refractivity contribution in [2.75, 3.05) is 5.32 Å². The molecule has 0 aliphatic heterocycles. The molecular formula is C11H11FN2O3S2. The van der Waals surface area contributed by atoms with E-state index in [0.29, 0.717) is 0 Å². The summed E-state index contributed by atoms with van der Waals surface area (Å²) in [6.07, 6.45) is 0. The third-order valence-electron chi connectivity index (χ3n) is 1.82. The van der Waals surface area contributed by atoms with Crippen LogP contribution in [0.1, 0.15) is 0 Å². The number of benzene rings is 1. The molecular weight excluding hydrogens is 291 g/mol. The van der Waals surface area contributed by atoms with Crippen LogP contribution in [0.3, 0.4) is 0 Å². The minimum Gasteiger partial charge on any atom is -0.307 e. The molecule has 0 fully saturated rings. The topological polar surface area (TPSA) is 75.3 Å². The van der Waals surface area contributed by atoms with Gasteiger partial charge in [0.1, 0.15) is 10.1 Å². The maximum atomic E-state index is 12.9. The summed E-state index contributed by atoms with van der Waals surface area (Å²) in [6, 6.07) is 4.05. The first kappa shape index (κ1) is 15.3. The molecule has 0 spiro atoms. The van der Waals surface area contributed by atoms with Gasteiger partial charge < -0.3 is 5.32 Å². The SMILES string of the molecule is C=CSC(=C)S(=O)(=O)NC(=O)Nc1cccc(F)c1. The molecule has 0 aliphatic rings. The molecule has 2 N–H and O–H groups in total. The number of carbonyl (C=O) groups excluding carboxylic acids is 1. The molecule has 0 saturated carbocycles. The molecule has 0 heterocycles. The molecule has 5 nitrogen and oxygen atoms in total. The summed E-state index contributed by atoms with van der Waals surface area (Å²) in [7, 11) is -4.01. The predicted octanol–water partition coefficient (Wildman–Crippen LogP) is 2.62. The van der Waals surface area contributed by atoms with Crippen molar-refractivity contribution >= 4 is 33.5 Å². The highest BCUT2D eigenvalue weighted by Gasteiger charge is 2.18. The van der Waals surface area contributed by atoms with Crippen LogP contribution in [0.15, 0.2) is 47.1 Å². The van der Waals surface area contributed by atoms with E-state index in [9.17, 15) is 17.6 Å². The minimum absolute atomic E-state index is 0.134. The second kappa shape index (κ2) is 6.39. The van der Waals surface area contributed by atoms with E-state index < -0.39 is 21.9 Å². The van der Waals surface area contributed by atoms with Crippen molar-refractivity contribution in [3.8, 4) is 0 Å². The number of thioether (sulfide) groups is 1. The highest BCUT2D eigenvalue weighted by molar-refractivity contribution is 8.19. The van der Waals surface area contributed by atoms with Crippen molar-refractivity contribution < 1.29 is 17.6 Å². The van der Waals surface area contributed by atoms with E-state index in [0.717, 1.165) is 17.8 Å². The van der Waals surface area contributed by atoms with E-state index in [1.165, 1.54) is 23.6 Å². The van der Waals surface area contributed by atoms with Gasteiger partial charge in [-0.1, -0.05) is 31.0 Å². The monoisotopic (exact) mass is 302 g/mol. The lowest BCUT2D eigenvalue weighted by molar-refractivity contribution is 0.256. The molecule has 102 valence electrons. The van der Waals surface area contributed by atoms with Crippen LogP contribution in [-0.4, -0.2) is 14.4 Å². The third-order valence-corrected chi connectivity index (χ3v) is 4.25. The summed E-state index contributed by atoms with van der Waals surface area (Å²) < 4.78 is 37.5. The summed E-state index contributed by atoms with van der Waals surface area (Å²) in [6.45, 7) is 6.63. The summed E-state index contributed by atoms with van der Waals surface area (Å²) in [5.41, 5.74) is 0.134. The predicted molar refractivity (Wildman–Crippen MR) is 74.4 cm³/mol. The van der Waals surface area contributed by atoms with Gasteiger partial charge in [0.2, 0.25) is 0 Å². The van der Waals surface area contributed by atoms with Crippen LogP contribution in [0.5, 0.6) is 0 Å². The van der Waals surface area contributed by atoms with Crippen molar-refractivity contribution in [2.24, 2.45) is 0 Å². The molecule has 1 aromatic carbocycles. The lowest BCUT2D eigenvalue weighted by Crippen LogP contribution is -2.34. The van der Waals surface area contributed by atoms with Gasteiger partial charge in [-0.3, -0.25) is 0 Å². The molecule has 8 heteroatoms. The van der Waals surface area contributed by atoms with E-state index in [-0.39, 0.29) is 9.92 Å². The Labute approximate surface area is 114 Å². The lowest BCUT2D eigenvalue weighted by atomic mass is 10.3. The molecule has 0 unspecified atom stereocenters. The zero-order valence-electron chi connectivity index (χ0n) is 9.72. The first-order valence-electron chi connectivity index (χ1n) is 4.91. The van der Waals surface area contributed by atoms with E-state index in [1.807, 2.05) is 0 Å². The highest BCUT2D eigenvalue weighted by atomic mass is 32.3. The molecule has 1 rings (SSSR count). The Balaban J connectivity index is 2.70. The first-order valence-corrected chi connectivity index (χ1v) is 7.27. The summed E-state index contributed by atoms with van der Waals surface area (Å²) in [5, 5.41) is 3.46. The highest BCUT2D eigenvalue weighted by Crippen LogP contribution is 2.19. The third kappa shape index (κ3) is 4.76. The summed E-state index contributed by atoms with van der Waals surface area (Å²) >= 11 is 0.768. The molecule has 19 heavy (non-hydrogen) atoms. The maximum Gasteiger partial charge on any atom is 0.333 e. The number of hydrogen-bond acceptors (Lipinski definition) is 4. The smallest absolute Gasteiger partial charge is 0.307 e. The van der Waals surface area contributed by atoms with E-state index >= 15 is 0 Å². The van der Waals surface area contributed by atoms with Gasteiger partial charge in [0.25, 0.3) is 10.0 Å². The van der Waals surface area contributed by atoms with E-state index in [4.69, 9.17) is 0 Å². The Morgan fingerprint density at radius 2 is 2.11 bits per heavy atom. The molecule has 0 saturated heterocycles. The second-order valence-electron chi connectivity index (χ2n) is 3.23. The number of urea groups is 1. The molecule has 0 radical (unpaired) electrons. The number of anilines is 1. The number of carbonyl (C=O) groups is 1. The number of sulfonamides is 1. The van der Waals surface area contributed by atoms with Gasteiger partial charge in [0, 0.05) is 5.69 Å². The van der Waals surface area contributed by atoms with E-state index in [1.54, 1.807) is 4.72 Å². The molecule has 0 aromatic heterocycles. The van der Waals surface area contributed by atoms with Gasteiger partial charge in [-0.2, -0.15) is 0 Å². The lowest BCUT2D eigenvalue weighted by Gasteiger charge is -2.08. The maximum absolute atomic E-state index is 12.9. The van der Waals surface area contributed by atoms with Crippen molar-refractivity contribution in [1.29, 1.82) is 0 Å². The van der Waals surface area contributed by atoms with Crippen molar-refractivity contribution in [3.05, 3.63) is 52.9 Å². The van der Waals surface area contributed by atoms with Crippen LogP contribution < -0.4 is 10.0 Å². The number of nitrogens with one attached hydrogen (secondary N) is 2. The van der Waals surface area contributed by atoms with Crippen LogP contribution in [-0.2, 0) is 10.0 Å². The van der Waals surface area contributed by atoms with Gasteiger partial charge in [0.15, 0.2) is 0 Å². The number of halogens is 1. The van der Waals surface area contributed by atoms with Gasteiger partial charge in [-0.05, 0) is 23.6 Å². The van der Waals surface area contributed by atoms with Crippen LogP contribution >= 0.6 is 11.8 Å². The van der Waals surface area contributed by atoms with Crippen LogP contribution in [0.2, 0.25) is 0 Å². The average Bonchev–Trinajstić information content (AvgIpc) is 2.28. The summed E-state index contributed by atoms with van der Waals surface area (Å²) in [5.74, 6) is -0.549. The first-order chi connectivity index (χ1) is 8.85. The molecule has 0 atom stereocenters. The number of rotatable bonds is 5. The molecule has 1 aromatic rings. The quantitative estimate of drug-likeness (QED) is 0.876. The van der Waals surface area contributed by atoms with Gasteiger partial charge >= 0.3 is 6.03 Å². The van der Waals surface area contributed by atoms with Gasteiger partial charge in [-0.15, -0.1) is 0 Å². The zero-order chi connectivity index (χ0) is 14.5. The Morgan fingerprint density at radius 1 is 1.42 bits per heavy atom. The zero-order valence-corrected chi connectivity index (χ0v) is 11.4. The number of hydrogen-bond donors (Lipinski definition) is 2. The summed E-state index contributed by atoms with van der Waals surface area (Å²) in [4.78, 5) is 11.4. The fourth-order valence-electron chi connectivity index (χ4n) is 1.06. The molecule has 0 bridgehead atoms. The standard InChI is InChI=1S/C11H11FN2O3S2/c1-3-18-8(2)19(16,17)14-11(15)13-10-6-4-5-9(12)7-10/h3-7H,1-2H2,(H2,13,14,15). The fraction of sp³-hybridized carbons (Fsp3) is 0. The van der Waals surface area contributed by atoms with Gasteiger partial charge in [-0.25, -0.2) is 22.3 Å². The largest absolute Gasteiger partial charge is 0.333 e. The van der Waals surface area contributed by atoms with Crippen LogP contribution in [0.25, 0.3) is 0 Å². The Hall–Kier alpha value is -1.80.